The Balaban J connectivity index is 2.45. The van der Waals surface area contributed by atoms with Crippen LogP contribution < -0.4 is 0 Å². The first-order valence-corrected chi connectivity index (χ1v) is 7.04. The normalized spacial score (nSPS) is 10.5. The summed E-state index contributed by atoms with van der Waals surface area (Å²) in [5, 5.41) is 0. The molecule has 0 N–H and O–H groups in total. The van der Waals surface area contributed by atoms with Crippen LogP contribution in [0.15, 0.2) is 58.5 Å². The molecule has 0 heterocycles. The Bertz CT molecular complexity index is 763. The Labute approximate surface area is 137 Å². The maximum atomic E-state index is 10.6. The van der Waals surface area contributed by atoms with E-state index in [2.05, 4.69) is 9.98 Å². The van der Waals surface area contributed by atoms with E-state index < -0.39 is 4.33 Å². The summed E-state index contributed by atoms with van der Waals surface area (Å²) in [5.74, 6) is 0. The van der Waals surface area contributed by atoms with Crippen LogP contribution in [0.3, 0.4) is 0 Å². The average molecular weight is 333 g/mol. The molecule has 2 aromatic carbocycles. The topological polar surface area (TPSA) is 58.9 Å². The number of benzene rings is 2. The first-order chi connectivity index (χ1) is 10.6. The van der Waals surface area contributed by atoms with Crippen molar-refractivity contribution >= 4 is 46.7 Å². The minimum absolute atomic E-state index is 0.215. The van der Waals surface area contributed by atoms with E-state index in [4.69, 9.17) is 23.2 Å². The molecule has 6 heteroatoms. The van der Waals surface area contributed by atoms with E-state index in [9.17, 15) is 9.59 Å². The van der Waals surface area contributed by atoms with Crippen LogP contribution >= 0.6 is 23.2 Å². The molecule has 0 unspecified atom stereocenters. The van der Waals surface area contributed by atoms with E-state index in [1.807, 2.05) is 30.3 Å². The van der Waals surface area contributed by atoms with E-state index in [1.54, 1.807) is 12.1 Å². The molecular formula is C16H10Cl2N2O2. The van der Waals surface area contributed by atoms with Crippen LogP contribution in [0.2, 0.25) is 0 Å². The molecule has 0 bridgehead atoms. The molecule has 0 amide bonds. The molecule has 0 aromatic heterocycles. The zero-order valence-corrected chi connectivity index (χ0v) is 12.8. The van der Waals surface area contributed by atoms with E-state index in [0.29, 0.717) is 17.7 Å². The lowest BCUT2D eigenvalue weighted by atomic mass is 10.0. The van der Waals surface area contributed by atoms with Crippen LogP contribution in [0.5, 0.6) is 0 Å². The van der Waals surface area contributed by atoms with Gasteiger partial charge in [0.15, 0.2) is 0 Å². The third-order valence-electron chi connectivity index (χ3n) is 2.99. The summed E-state index contributed by atoms with van der Waals surface area (Å²) in [6.07, 6.45) is 3.20. The van der Waals surface area contributed by atoms with Gasteiger partial charge in [-0.2, -0.15) is 9.98 Å². The number of rotatable bonds is 5. The van der Waals surface area contributed by atoms with Crippen LogP contribution in [0, 0.1) is 0 Å². The molecule has 2 rings (SSSR count). The summed E-state index contributed by atoms with van der Waals surface area (Å²) < 4.78 is -1.29. The Hall–Kier alpha value is -2.22. The van der Waals surface area contributed by atoms with Crippen LogP contribution in [0.4, 0.5) is 11.4 Å². The van der Waals surface area contributed by atoms with Crippen molar-refractivity contribution in [3.63, 3.8) is 0 Å². The fraction of sp³-hybridized carbons (Fsp3) is 0.125. The van der Waals surface area contributed by atoms with Gasteiger partial charge in [-0.1, -0.05) is 59.6 Å². The van der Waals surface area contributed by atoms with Crippen molar-refractivity contribution in [1.82, 2.24) is 0 Å². The summed E-state index contributed by atoms with van der Waals surface area (Å²) >= 11 is 12.9. The van der Waals surface area contributed by atoms with E-state index in [0.717, 1.165) is 5.56 Å². The predicted octanol–water partition coefficient (Wildman–Crippen LogP) is 4.49. The van der Waals surface area contributed by atoms with E-state index >= 15 is 0 Å². The van der Waals surface area contributed by atoms with Gasteiger partial charge in [-0.15, -0.1) is 0 Å². The molecule has 0 aliphatic heterocycles. The fourth-order valence-corrected chi connectivity index (χ4v) is 2.67. The van der Waals surface area contributed by atoms with Crippen LogP contribution in [-0.2, 0) is 20.3 Å². The van der Waals surface area contributed by atoms with Gasteiger partial charge in [-0.25, -0.2) is 9.59 Å². The molecule has 110 valence electrons. The lowest BCUT2D eigenvalue weighted by Crippen LogP contribution is -2.14. The second-order valence-corrected chi connectivity index (χ2v) is 5.96. The molecule has 0 fully saturated rings. The third-order valence-corrected chi connectivity index (χ3v) is 3.66. The predicted molar refractivity (Wildman–Crippen MR) is 85.5 cm³/mol. The summed E-state index contributed by atoms with van der Waals surface area (Å²) in [5.41, 5.74) is 1.89. The summed E-state index contributed by atoms with van der Waals surface area (Å²) in [6.45, 7) is 0. The maximum Gasteiger partial charge on any atom is 0.240 e. The lowest BCUT2D eigenvalue weighted by molar-refractivity contribution is 0.564. The van der Waals surface area contributed by atoms with Crippen molar-refractivity contribution in [3.05, 3.63) is 59.7 Å². The molecule has 2 aromatic rings. The number of hydrogen-bond donors (Lipinski definition) is 0. The van der Waals surface area contributed by atoms with Gasteiger partial charge in [0.25, 0.3) is 0 Å². The number of hydrogen-bond acceptors (Lipinski definition) is 4. The highest BCUT2D eigenvalue weighted by molar-refractivity contribution is 6.48. The van der Waals surface area contributed by atoms with Gasteiger partial charge in [0.1, 0.15) is 4.33 Å². The number of aliphatic imine (C=N–C) groups is 2. The van der Waals surface area contributed by atoms with Gasteiger partial charge in [-0.3, -0.25) is 0 Å². The highest BCUT2D eigenvalue weighted by Gasteiger charge is 2.30. The highest BCUT2D eigenvalue weighted by Crippen LogP contribution is 2.43. The van der Waals surface area contributed by atoms with Crippen molar-refractivity contribution in [1.29, 1.82) is 0 Å². The van der Waals surface area contributed by atoms with Crippen LogP contribution in [0.1, 0.15) is 11.1 Å². The molecule has 0 aliphatic rings. The number of alkyl halides is 2. The second kappa shape index (κ2) is 7.17. The Morgan fingerprint density at radius 3 is 2.27 bits per heavy atom. The van der Waals surface area contributed by atoms with Gasteiger partial charge in [0, 0.05) is 12.0 Å². The van der Waals surface area contributed by atoms with Crippen molar-refractivity contribution in [3.8, 4) is 0 Å². The van der Waals surface area contributed by atoms with Gasteiger partial charge in [0.2, 0.25) is 12.2 Å². The quantitative estimate of drug-likeness (QED) is 0.460. The molecule has 0 spiro atoms. The van der Waals surface area contributed by atoms with Crippen molar-refractivity contribution < 1.29 is 9.59 Å². The molecule has 0 atom stereocenters. The largest absolute Gasteiger partial charge is 0.240 e. The highest BCUT2D eigenvalue weighted by atomic mass is 35.5. The van der Waals surface area contributed by atoms with Crippen molar-refractivity contribution in [2.75, 3.05) is 0 Å². The minimum atomic E-state index is -1.29. The summed E-state index contributed by atoms with van der Waals surface area (Å²) in [4.78, 5) is 28.0. The van der Waals surface area contributed by atoms with Crippen LogP contribution in [0.25, 0.3) is 0 Å². The molecule has 0 radical (unpaired) electrons. The third kappa shape index (κ3) is 3.91. The summed E-state index contributed by atoms with van der Waals surface area (Å²) in [6, 6.07) is 14.0. The van der Waals surface area contributed by atoms with E-state index in [1.165, 1.54) is 18.2 Å². The van der Waals surface area contributed by atoms with Gasteiger partial charge >= 0.3 is 0 Å². The standard InChI is InChI=1S/C16H10Cl2N2O2/c17-16(18,9-12-4-2-1-3-5-12)14-7-6-13(19-10-21)8-15(14)20-11-22/h1-8H,9H2. The summed E-state index contributed by atoms with van der Waals surface area (Å²) in [7, 11) is 0. The zero-order valence-electron chi connectivity index (χ0n) is 11.3. The van der Waals surface area contributed by atoms with Gasteiger partial charge in [0.05, 0.1) is 11.4 Å². The Morgan fingerprint density at radius 2 is 1.64 bits per heavy atom. The molecule has 22 heavy (non-hydrogen) atoms. The molecule has 4 nitrogen and oxygen atoms in total. The average Bonchev–Trinajstić information content (AvgIpc) is 2.48. The van der Waals surface area contributed by atoms with Gasteiger partial charge in [-0.05, 0) is 17.7 Å². The number of carbonyl (C=O) groups excluding carboxylic acids is 2. The smallest absolute Gasteiger partial charge is 0.211 e. The first-order valence-electron chi connectivity index (χ1n) is 6.29. The molecule has 0 saturated carbocycles. The molecule has 0 saturated heterocycles. The van der Waals surface area contributed by atoms with E-state index in [-0.39, 0.29) is 5.69 Å². The maximum absolute atomic E-state index is 10.6. The zero-order chi connectivity index (χ0) is 16.0. The monoisotopic (exact) mass is 332 g/mol. The number of isocyanates is 2. The second-order valence-electron chi connectivity index (χ2n) is 4.47. The Kier molecular flexibility index (Phi) is 5.26. The minimum Gasteiger partial charge on any atom is -0.211 e. The number of nitrogens with zero attached hydrogens (tertiary/aromatic N) is 2. The number of halogens is 2. The first kappa shape index (κ1) is 16.2. The molecular weight excluding hydrogens is 323 g/mol. The van der Waals surface area contributed by atoms with Crippen molar-refractivity contribution in [2.45, 2.75) is 10.8 Å². The molecule has 0 aliphatic carbocycles. The van der Waals surface area contributed by atoms with Gasteiger partial charge < -0.3 is 0 Å². The van der Waals surface area contributed by atoms with Crippen LogP contribution in [-0.4, -0.2) is 12.2 Å². The Morgan fingerprint density at radius 1 is 0.955 bits per heavy atom. The fourth-order valence-electron chi connectivity index (χ4n) is 2.04. The lowest BCUT2D eigenvalue weighted by Gasteiger charge is -2.21. The van der Waals surface area contributed by atoms with Crippen molar-refractivity contribution in [2.24, 2.45) is 9.98 Å². The SMILES string of the molecule is O=C=Nc1ccc(C(Cl)(Cl)Cc2ccccc2)c(N=C=O)c1.